The van der Waals surface area contributed by atoms with Gasteiger partial charge in [-0.1, -0.05) is 0 Å². The summed E-state index contributed by atoms with van der Waals surface area (Å²) in [6.07, 6.45) is -1.26. The zero-order chi connectivity index (χ0) is 9.14. The van der Waals surface area contributed by atoms with E-state index in [0.29, 0.717) is 12.5 Å². The van der Waals surface area contributed by atoms with E-state index in [1.54, 1.807) is 0 Å². The fourth-order valence-electron chi connectivity index (χ4n) is 1.82. The number of nitrogens with zero attached hydrogens (tertiary/aromatic N) is 1. The summed E-state index contributed by atoms with van der Waals surface area (Å²) in [5.41, 5.74) is 5.50. The molecule has 0 amide bonds. The predicted octanol–water partition coefficient (Wildman–Crippen LogP) is 0.921. The fourth-order valence-corrected chi connectivity index (χ4v) is 1.82. The average molecular weight is 178 g/mol. The summed E-state index contributed by atoms with van der Waals surface area (Å²) < 4.78 is 24.0. The van der Waals surface area contributed by atoms with Crippen molar-refractivity contribution in [1.29, 1.82) is 0 Å². The van der Waals surface area contributed by atoms with Crippen molar-refractivity contribution in [2.24, 2.45) is 11.7 Å². The Hall–Kier alpha value is -0.220. The van der Waals surface area contributed by atoms with Crippen LogP contribution in [0.25, 0.3) is 0 Å². The van der Waals surface area contributed by atoms with E-state index in [-0.39, 0.29) is 12.6 Å². The van der Waals surface area contributed by atoms with Crippen molar-refractivity contribution in [3.63, 3.8) is 0 Å². The van der Waals surface area contributed by atoms with E-state index < -0.39 is 6.43 Å². The van der Waals surface area contributed by atoms with Crippen LogP contribution in [0.15, 0.2) is 0 Å². The van der Waals surface area contributed by atoms with Crippen LogP contribution in [0.2, 0.25) is 0 Å². The Morgan fingerprint density at radius 2 is 2.25 bits per heavy atom. The number of rotatable bonds is 3. The molecule has 0 aliphatic carbocycles. The minimum Gasteiger partial charge on any atom is -0.330 e. The van der Waals surface area contributed by atoms with Crippen molar-refractivity contribution < 1.29 is 8.78 Å². The zero-order valence-electron chi connectivity index (χ0n) is 7.34. The molecule has 2 N–H and O–H groups in total. The third-order valence-corrected chi connectivity index (χ3v) is 2.72. The Morgan fingerprint density at radius 1 is 1.58 bits per heavy atom. The molecule has 72 valence electrons. The second kappa shape index (κ2) is 4.14. The molecule has 2 atom stereocenters. The Kier molecular flexibility index (Phi) is 3.40. The Labute approximate surface area is 71.7 Å². The van der Waals surface area contributed by atoms with Crippen LogP contribution in [0.4, 0.5) is 8.78 Å². The molecular formula is C8H16F2N2. The van der Waals surface area contributed by atoms with Gasteiger partial charge in [0, 0.05) is 6.04 Å². The Balaban J connectivity index is 2.38. The van der Waals surface area contributed by atoms with Crippen molar-refractivity contribution in [2.45, 2.75) is 25.8 Å². The van der Waals surface area contributed by atoms with E-state index in [2.05, 4.69) is 0 Å². The summed E-state index contributed by atoms with van der Waals surface area (Å²) in [6, 6.07) is 0.226. The van der Waals surface area contributed by atoms with E-state index in [1.165, 1.54) is 0 Å². The van der Waals surface area contributed by atoms with E-state index in [4.69, 9.17) is 5.73 Å². The van der Waals surface area contributed by atoms with Crippen LogP contribution in [0.5, 0.6) is 0 Å². The average Bonchev–Trinajstić information content (AvgIpc) is 2.32. The lowest BCUT2D eigenvalue weighted by molar-refractivity contribution is 0.0813. The Bertz CT molecular complexity index is 141. The topological polar surface area (TPSA) is 29.3 Å². The molecule has 12 heavy (non-hydrogen) atoms. The highest BCUT2D eigenvalue weighted by Crippen LogP contribution is 2.23. The summed E-state index contributed by atoms with van der Waals surface area (Å²) in [6.45, 7) is 3.26. The van der Waals surface area contributed by atoms with E-state index in [0.717, 1.165) is 13.0 Å². The fraction of sp³-hybridized carbons (Fsp3) is 1.00. The first kappa shape index (κ1) is 9.86. The molecule has 2 unspecified atom stereocenters. The number of nitrogens with two attached hydrogens (primary N) is 1. The van der Waals surface area contributed by atoms with Gasteiger partial charge in [-0.05, 0) is 32.4 Å². The maximum Gasteiger partial charge on any atom is 0.251 e. The van der Waals surface area contributed by atoms with Crippen LogP contribution < -0.4 is 5.73 Å². The van der Waals surface area contributed by atoms with Crippen molar-refractivity contribution in [3.05, 3.63) is 0 Å². The van der Waals surface area contributed by atoms with Crippen LogP contribution >= 0.6 is 0 Å². The molecule has 1 saturated heterocycles. The largest absolute Gasteiger partial charge is 0.330 e. The first-order chi connectivity index (χ1) is 5.65. The summed E-state index contributed by atoms with van der Waals surface area (Å²) in [7, 11) is 0. The Morgan fingerprint density at radius 3 is 2.67 bits per heavy atom. The number of likely N-dealkylation sites (tertiary alicyclic amines) is 1. The van der Waals surface area contributed by atoms with E-state index in [9.17, 15) is 8.78 Å². The third-order valence-electron chi connectivity index (χ3n) is 2.72. The monoisotopic (exact) mass is 178 g/mol. The molecule has 0 radical (unpaired) electrons. The molecule has 0 spiro atoms. The number of hydrogen-bond acceptors (Lipinski definition) is 2. The van der Waals surface area contributed by atoms with Gasteiger partial charge in [0.1, 0.15) is 0 Å². The van der Waals surface area contributed by atoms with Crippen molar-refractivity contribution in [3.8, 4) is 0 Å². The molecule has 0 aromatic heterocycles. The smallest absolute Gasteiger partial charge is 0.251 e. The minimum atomic E-state index is -2.22. The van der Waals surface area contributed by atoms with Gasteiger partial charge in [-0.2, -0.15) is 0 Å². The number of halogens is 2. The first-order valence-corrected chi connectivity index (χ1v) is 4.37. The maximum absolute atomic E-state index is 12.0. The van der Waals surface area contributed by atoms with Crippen molar-refractivity contribution in [2.75, 3.05) is 19.6 Å². The molecule has 0 aromatic carbocycles. The SMILES string of the molecule is CC1C(CN)CCN1CC(F)F. The summed E-state index contributed by atoms with van der Waals surface area (Å²) in [5.74, 6) is 0.406. The summed E-state index contributed by atoms with van der Waals surface area (Å²) in [5, 5.41) is 0. The van der Waals surface area contributed by atoms with Gasteiger partial charge in [-0.3, -0.25) is 4.90 Å². The first-order valence-electron chi connectivity index (χ1n) is 4.37. The lowest BCUT2D eigenvalue weighted by atomic mass is 10.0. The highest BCUT2D eigenvalue weighted by atomic mass is 19.3. The maximum atomic E-state index is 12.0. The van der Waals surface area contributed by atoms with Gasteiger partial charge in [0.25, 0.3) is 6.43 Å². The van der Waals surface area contributed by atoms with Gasteiger partial charge in [0.05, 0.1) is 6.54 Å². The lowest BCUT2D eigenvalue weighted by Crippen LogP contribution is -2.35. The van der Waals surface area contributed by atoms with Gasteiger partial charge in [0.15, 0.2) is 0 Å². The quantitative estimate of drug-likeness (QED) is 0.696. The molecule has 4 heteroatoms. The van der Waals surface area contributed by atoms with Crippen LogP contribution in [-0.4, -0.2) is 37.0 Å². The highest BCUT2D eigenvalue weighted by Gasteiger charge is 2.30. The predicted molar refractivity (Wildman–Crippen MR) is 44.2 cm³/mol. The molecule has 1 aliphatic rings. The minimum absolute atomic E-state index is 0.0995. The molecular weight excluding hydrogens is 162 g/mol. The third kappa shape index (κ3) is 2.14. The second-order valence-corrected chi connectivity index (χ2v) is 3.41. The van der Waals surface area contributed by atoms with Crippen molar-refractivity contribution >= 4 is 0 Å². The molecule has 1 rings (SSSR count). The van der Waals surface area contributed by atoms with Crippen LogP contribution in [0, 0.1) is 5.92 Å². The van der Waals surface area contributed by atoms with E-state index in [1.807, 2.05) is 11.8 Å². The van der Waals surface area contributed by atoms with Gasteiger partial charge in [-0.25, -0.2) is 8.78 Å². The standard InChI is InChI=1S/C8H16F2N2/c1-6-7(4-11)2-3-12(6)5-8(9)10/h6-8H,2-5,11H2,1H3. The highest BCUT2D eigenvalue weighted by molar-refractivity contribution is 4.84. The molecule has 1 heterocycles. The normalized spacial score (nSPS) is 31.8. The van der Waals surface area contributed by atoms with E-state index >= 15 is 0 Å². The van der Waals surface area contributed by atoms with Crippen LogP contribution in [0.1, 0.15) is 13.3 Å². The van der Waals surface area contributed by atoms with Gasteiger partial charge < -0.3 is 5.73 Å². The van der Waals surface area contributed by atoms with Crippen molar-refractivity contribution in [1.82, 2.24) is 4.90 Å². The molecule has 1 aliphatic heterocycles. The molecule has 0 aromatic rings. The number of hydrogen-bond donors (Lipinski definition) is 1. The summed E-state index contributed by atoms with van der Waals surface area (Å²) in [4.78, 5) is 1.82. The second-order valence-electron chi connectivity index (χ2n) is 3.41. The van der Waals surface area contributed by atoms with Gasteiger partial charge in [0.2, 0.25) is 0 Å². The van der Waals surface area contributed by atoms with Gasteiger partial charge >= 0.3 is 0 Å². The van der Waals surface area contributed by atoms with Gasteiger partial charge in [-0.15, -0.1) is 0 Å². The number of alkyl halides is 2. The molecule has 0 bridgehead atoms. The zero-order valence-corrected chi connectivity index (χ0v) is 7.34. The molecule has 0 saturated carbocycles. The summed E-state index contributed by atoms with van der Waals surface area (Å²) >= 11 is 0. The lowest BCUT2D eigenvalue weighted by Gasteiger charge is -2.23. The van der Waals surface area contributed by atoms with Crippen LogP contribution in [0.3, 0.4) is 0 Å². The molecule has 1 fully saturated rings. The van der Waals surface area contributed by atoms with Crippen LogP contribution in [-0.2, 0) is 0 Å². The molecule has 2 nitrogen and oxygen atoms in total.